The van der Waals surface area contributed by atoms with Gasteiger partial charge in [-0.25, -0.2) is 0 Å². The second kappa shape index (κ2) is 6.67. The molecule has 2 rings (SSSR count). The van der Waals surface area contributed by atoms with E-state index in [-0.39, 0.29) is 24.2 Å². The van der Waals surface area contributed by atoms with E-state index in [1.165, 1.54) is 4.90 Å². The standard InChI is InChI=1S/C15H18Cl2N2O2/c1-9(2)7-18-15(21)10-6-13(20)19(8-10)14-11(16)4-3-5-12(14)17/h3-5,9-10H,6-8H2,1-2H3,(H,18,21). The molecule has 1 N–H and O–H groups in total. The van der Waals surface area contributed by atoms with Gasteiger partial charge in [0.1, 0.15) is 0 Å². The Morgan fingerprint density at radius 2 is 2.00 bits per heavy atom. The van der Waals surface area contributed by atoms with Crippen LogP contribution in [0.3, 0.4) is 0 Å². The summed E-state index contributed by atoms with van der Waals surface area (Å²) in [6, 6.07) is 5.09. The van der Waals surface area contributed by atoms with Crippen molar-refractivity contribution >= 4 is 40.7 Å². The first-order valence-electron chi connectivity index (χ1n) is 6.92. The highest BCUT2D eigenvalue weighted by molar-refractivity contribution is 6.40. The molecule has 1 aliphatic heterocycles. The van der Waals surface area contributed by atoms with Crippen LogP contribution in [0.2, 0.25) is 10.0 Å². The number of nitrogens with zero attached hydrogens (tertiary/aromatic N) is 1. The van der Waals surface area contributed by atoms with Crippen LogP contribution < -0.4 is 10.2 Å². The van der Waals surface area contributed by atoms with Gasteiger partial charge in [0, 0.05) is 19.5 Å². The number of carbonyl (C=O) groups excluding carboxylic acids is 2. The van der Waals surface area contributed by atoms with Crippen LogP contribution in [-0.2, 0) is 9.59 Å². The van der Waals surface area contributed by atoms with Crippen molar-refractivity contribution in [1.29, 1.82) is 0 Å². The molecule has 1 aliphatic rings. The number of amides is 2. The molecule has 0 aromatic heterocycles. The third-order valence-electron chi connectivity index (χ3n) is 3.39. The van der Waals surface area contributed by atoms with Crippen molar-refractivity contribution in [3.63, 3.8) is 0 Å². The molecule has 0 saturated carbocycles. The molecule has 0 bridgehead atoms. The third-order valence-corrected chi connectivity index (χ3v) is 4.00. The van der Waals surface area contributed by atoms with E-state index in [9.17, 15) is 9.59 Å². The molecule has 1 saturated heterocycles. The maximum atomic E-state index is 12.2. The first kappa shape index (κ1) is 16.1. The first-order valence-corrected chi connectivity index (χ1v) is 7.67. The van der Waals surface area contributed by atoms with Crippen LogP contribution in [0.4, 0.5) is 5.69 Å². The van der Waals surface area contributed by atoms with E-state index in [4.69, 9.17) is 23.2 Å². The summed E-state index contributed by atoms with van der Waals surface area (Å²) in [5, 5.41) is 3.69. The van der Waals surface area contributed by atoms with Gasteiger partial charge in [0.2, 0.25) is 11.8 Å². The van der Waals surface area contributed by atoms with E-state index in [1.807, 2.05) is 13.8 Å². The number of rotatable bonds is 4. The van der Waals surface area contributed by atoms with Gasteiger partial charge in [0.15, 0.2) is 0 Å². The SMILES string of the molecule is CC(C)CNC(=O)C1CC(=O)N(c2c(Cl)cccc2Cl)C1. The van der Waals surface area contributed by atoms with Crippen LogP contribution in [0.5, 0.6) is 0 Å². The minimum atomic E-state index is -0.358. The van der Waals surface area contributed by atoms with Gasteiger partial charge in [-0.1, -0.05) is 43.1 Å². The van der Waals surface area contributed by atoms with E-state index in [0.717, 1.165) is 0 Å². The fourth-order valence-electron chi connectivity index (χ4n) is 2.30. The van der Waals surface area contributed by atoms with Gasteiger partial charge in [-0.3, -0.25) is 9.59 Å². The van der Waals surface area contributed by atoms with Crippen LogP contribution in [-0.4, -0.2) is 24.9 Å². The molecule has 0 aliphatic carbocycles. The molecule has 1 atom stereocenters. The van der Waals surface area contributed by atoms with Gasteiger partial charge in [-0.2, -0.15) is 0 Å². The Labute approximate surface area is 134 Å². The van der Waals surface area contributed by atoms with E-state index in [0.29, 0.717) is 34.7 Å². The minimum Gasteiger partial charge on any atom is -0.356 e. The summed E-state index contributed by atoms with van der Waals surface area (Å²) in [7, 11) is 0. The molecule has 114 valence electrons. The lowest BCUT2D eigenvalue weighted by atomic mass is 10.1. The molecule has 1 fully saturated rings. The van der Waals surface area contributed by atoms with E-state index in [2.05, 4.69) is 5.32 Å². The number of benzene rings is 1. The van der Waals surface area contributed by atoms with Crippen LogP contribution in [0, 0.1) is 11.8 Å². The molecule has 1 aromatic carbocycles. The molecule has 1 aromatic rings. The van der Waals surface area contributed by atoms with Crippen molar-refractivity contribution in [2.75, 3.05) is 18.0 Å². The maximum Gasteiger partial charge on any atom is 0.227 e. The summed E-state index contributed by atoms with van der Waals surface area (Å²) < 4.78 is 0. The molecule has 0 radical (unpaired) electrons. The zero-order chi connectivity index (χ0) is 15.6. The normalized spacial score (nSPS) is 18.4. The van der Waals surface area contributed by atoms with Crippen LogP contribution in [0.15, 0.2) is 18.2 Å². The summed E-state index contributed by atoms with van der Waals surface area (Å²) in [5.41, 5.74) is 0.491. The zero-order valence-corrected chi connectivity index (χ0v) is 13.5. The van der Waals surface area contributed by atoms with Crippen molar-refractivity contribution in [2.45, 2.75) is 20.3 Å². The fourth-order valence-corrected chi connectivity index (χ4v) is 2.90. The predicted molar refractivity (Wildman–Crippen MR) is 84.8 cm³/mol. The fraction of sp³-hybridized carbons (Fsp3) is 0.467. The Hall–Kier alpha value is -1.26. The Morgan fingerprint density at radius 3 is 2.57 bits per heavy atom. The molecule has 2 amide bonds. The average Bonchev–Trinajstić information content (AvgIpc) is 2.78. The molecule has 0 spiro atoms. The Bertz CT molecular complexity index is 540. The number of para-hydroxylation sites is 1. The summed E-state index contributed by atoms with van der Waals surface area (Å²) in [4.78, 5) is 25.8. The van der Waals surface area contributed by atoms with Crippen molar-refractivity contribution in [2.24, 2.45) is 11.8 Å². The third kappa shape index (κ3) is 3.69. The van der Waals surface area contributed by atoms with E-state index >= 15 is 0 Å². The molecule has 21 heavy (non-hydrogen) atoms. The van der Waals surface area contributed by atoms with Gasteiger partial charge in [-0.15, -0.1) is 0 Å². The van der Waals surface area contributed by atoms with Gasteiger partial charge < -0.3 is 10.2 Å². The lowest BCUT2D eigenvalue weighted by Gasteiger charge is -2.19. The summed E-state index contributed by atoms with van der Waals surface area (Å²) in [6.07, 6.45) is 0.186. The summed E-state index contributed by atoms with van der Waals surface area (Å²) in [5.74, 6) is -0.207. The lowest BCUT2D eigenvalue weighted by molar-refractivity contribution is -0.126. The second-order valence-corrected chi connectivity index (χ2v) is 6.43. The van der Waals surface area contributed by atoms with Crippen molar-refractivity contribution in [3.05, 3.63) is 28.2 Å². The number of hydrogen-bond donors (Lipinski definition) is 1. The Morgan fingerprint density at radius 1 is 1.38 bits per heavy atom. The summed E-state index contributed by atoms with van der Waals surface area (Å²) >= 11 is 12.3. The van der Waals surface area contributed by atoms with E-state index in [1.54, 1.807) is 18.2 Å². The average molecular weight is 329 g/mol. The van der Waals surface area contributed by atoms with Crippen LogP contribution in [0.25, 0.3) is 0 Å². The highest BCUT2D eigenvalue weighted by Gasteiger charge is 2.36. The van der Waals surface area contributed by atoms with Gasteiger partial charge in [0.25, 0.3) is 0 Å². The predicted octanol–water partition coefficient (Wildman–Crippen LogP) is 3.12. The molecule has 4 nitrogen and oxygen atoms in total. The Balaban J connectivity index is 2.11. The van der Waals surface area contributed by atoms with Crippen molar-refractivity contribution in [3.8, 4) is 0 Å². The maximum absolute atomic E-state index is 12.2. The highest BCUT2D eigenvalue weighted by Crippen LogP contribution is 2.37. The number of hydrogen-bond acceptors (Lipinski definition) is 2. The Kier molecular flexibility index (Phi) is 5.12. The molecule has 1 heterocycles. The van der Waals surface area contributed by atoms with Crippen LogP contribution >= 0.6 is 23.2 Å². The van der Waals surface area contributed by atoms with Crippen molar-refractivity contribution < 1.29 is 9.59 Å². The van der Waals surface area contributed by atoms with Crippen LogP contribution in [0.1, 0.15) is 20.3 Å². The topological polar surface area (TPSA) is 49.4 Å². The monoisotopic (exact) mass is 328 g/mol. The molecular weight excluding hydrogens is 311 g/mol. The molecule has 1 unspecified atom stereocenters. The number of anilines is 1. The zero-order valence-electron chi connectivity index (χ0n) is 12.0. The van der Waals surface area contributed by atoms with Gasteiger partial charge in [0.05, 0.1) is 21.7 Å². The van der Waals surface area contributed by atoms with Gasteiger partial charge in [-0.05, 0) is 18.1 Å². The highest BCUT2D eigenvalue weighted by atomic mass is 35.5. The number of halogens is 2. The minimum absolute atomic E-state index is 0.0947. The van der Waals surface area contributed by atoms with E-state index < -0.39 is 0 Å². The number of carbonyl (C=O) groups is 2. The quantitative estimate of drug-likeness (QED) is 0.923. The first-order chi connectivity index (χ1) is 9.90. The second-order valence-electron chi connectivity index (χ2n) is 5.61. The number of nitrogens with one attached hydrogen (secondary N) is 1. The lowest BCUT2D eigenvalue weighted by Crippen LogP contribution is -2.35. The van der Waals surface area contributed by atoms with Gasteiger partial charge >= 0.3 is 0 Å². The summed E-state index contributed by atoms with van der Waals surface area (Å²) in [6.45, 7) is 4.97. The molecule has 6 heteroatoms. The smallest absolute Gasteiger partial charge is 0.227 e. The molecular formula is C15H18Cl2N2O2. The van der Waals surface area contributed by atoms with Crippen molar-refractivity contribution in [1.82, 2.24) is 5.32 Å². The largest absolute Gasteiger partial charge is 0.356 e.